The molecular formula is C5H14O9P2. The number of rotatable bonds is 8. The van der Waals surface area contributed by atoms with Gasteiger partial charge in [0.1, 0.15) is 0 Å². The third-order valence-electron chi connectivity index (χ3n) is 1.70. The van der Waals surface area contributed by atoms with Gasteiger partial charge in [-0.3, -0.25) is 4.52 Å². The number of phosphoric ester groups is 1. The molecule has 0 unspecified atom stereocenters. The second-order valence-corrected chi connectivity index (χ2v) is 5.11. The van der Waals surface area contributed by atoms with Gasteiger partial charge in [-0.15, -0.1) is 0 Å². The topological polar surface area (TPSA) is 157 Å². The highest BCUT2D eigenvalue weighted by atomic mass is 31.2. The maximum atomic E-state index is 10.4. The van der Waals surface area contributed by atoms with Crippen LogP contribution in [0, 0.1) is 5.41 Å². The first-order valence-corrected chi connectivity index (χ1v) is 6.67. The van der Waals surface area contributed by atoms with Crippen molar-refractivity contribution >= 4 is 16.4 Å². The first kappa shape index (κ1) is 16.3. The minimum atomic E-state index is -4.73. The average Bonchev–Trinajstić information content (AvgIpc) is 2.18. The van der Waals surface area contributed by atoms with Crippen LogP contribution in [0.1, 0.15) is 0 Å². The van der Waals surface area contributed by atoms with Crippen molar-refractivity contribution in [1.82, 2.24) is 0 Å². The molecule has 0 aliphatic heterocycles. The largest absolute Gasteiger partial charge is 0.469 e. The predicted octanol–water partition coefficient (Wildman–Crippen LogP) is -1.71. The van der Waals surface area contributed by atoms with Gasteiger partial charge in [-0.1, -0.05) is 0 Å². The summed E-state index contributed by atoms with van der Waals surface area (Å²) in [4.78, 5) is 33.8. The molecule has 0 aliphatic carbocycles. The lowest BCUT2D eigenvalue weighted by Crippen LogP contribution is -2.39. The molecule has 0 saturated heterocycles. The molecule has 16 heavy (non-hydrogen) atoms. The molecule has 0 heterocycles. The maximum Gasteiger partial charge on any atom is 0.469 e. The van der Waals surface area contributed by atoms with Crippen LogP contribution in [0.3, 0.4) is 0 Å². The third-order valence-corrected chi connectivity index (χ3v) is 2.52. The number of aliphatic hydroxyl groups is 2. The molecule has 0 aromatic rings. The molecule has 0 aromatic heterocycles. The molecule has 11 heteroatoms. The molecule has 0 radical (unpaired) electrons. The summed E-state index contributed by atoms with van der Waals surface area (Å²) < 4.78 is 18.9. The van der Waals surface area contributed by atoms with Gasteiger partial charge in [-0.05, 0) is 0 Å². The number of phosphoric acid groups is 1. The zero-order chi connectivity index (χ0) is 12.8. The fourth-order valence-corrected chi connectivity index (χ4v) is 1.52. The van der Waals surface area contributed by atoms with Crippen molar-refractivity contribution in [2.24, 2.45) is 5.41 Å². The van der Waals surface area contributed by atoms with E-state index in [-0.39, 0.29) is 0 Å². The van der Waals surface area contributed by atoms with Crippen molar-refractivity contribution in [2.75, 3.05) is 26.4 Å². The van der Waals surface area contributed by atoms with Gasteiger partial charge in [0.25, 0.3) is 0 Å². The number of hydrogen-bond donors (Lipinski definition) is 6. The summed E-state index contributed by atoms with van der Waals surface area (Å²) in [5.41, 5.74) is -1.51. The van der Waals surface area contributed by atoms with Crippen LogP contribution in [0.25, 0.3) is 0 Å². The summed E-state index contributed by atoms with van der Waals surface area (Å²) in [5, 5.41) is 17.9. The fourth-order valence-electron chi connectivity index (χ4n) is 0.690. The van der Waals surface area contributed by atoms with Gasteiger partial charge in [0, 0.05) is 0 Å². The normalized spacial score (nSPS) is 13.4. The molecule has 0 spiro atoms. The molecule has 0 aliphatic rings. The zero-order valence-electron chi connectivity index (χ0n) is 8.13. The molecule has 0 amide bonds. The zero-order valence-corrected chi connectivity index (χ0v) is 9.92. The molecule has 0 bridgehead atoms. The Morgan fingerprint density at radius 2 is 1.62 bits per heavy atom. The SMILES string of the molecule is O=P(O)(O)OCC(CO)(CO)COP(O)O. The van der Waals surface area contributed by atoms with Gasteiger partial charge < -0.3 is 34.3 Å². The molecule has 9 nitrogen and oxygen atoms in total. The first-order chi connectivity index (χ1) is 7.24. The van der Waals surface area contributed by atoms with Crippen LogP contribution in [-0.2, 0) is 13.6 Å². The van der Waals surface area contributed by atoms with E-state index in [2.05, 4.69) is 9.05 Å². The van der Waals surface area contributed by atoms with E-state index < -0.39 is 48.3 Å². The van der Waals surface area contributed by atoms with Crippen LogP contribution in [-0.4, -0.2) is 56.2 Å². The van der Waals surface area contributed by atoms with Crippen molar-refractivity contribution in [1.29, 1.82) is 0 Å². The van der Waals surface area contributed by atoms with E-state index in [9.17, 15) is 4.57 Å². The van der Waals surface area contributed by atoms with E-state index in [4.69, 9.17) is 29.8 Å². The van der Waals surface area contributed by atoms with Crippen LogP contribution in [0.2, 0.25) is 0 Å². The second-order valence-electron chi connectivity index (χ2n) is 3.11. The summed E-state index contributed by atoms with van der Waals surface area (Å²) in [6.07, 6.45) is 0. The smallest absolute Gasteiger partial charge is 0.396 e. The Morgan fingerprint density at radius 3 is 1.94 bits per heavy atom. The van der Waals surface area contributed by atoms with E-state index in [1.807, 2.05) is 0 Å². The van der Waals surface area contributed by atoms with Crippen LogP contribution < -0.4 is 0 Å². The summed E-state index contributed by atoms with van der Waals surface area (Å²) in [7, 11) is -7.42. The quantitative estimate of drug-likeness (QED) is 0.285. The molecule has 6 N–H and O–H groups in total. The van der Waals surface area contributed by atoms with Gasteiger partial charge in [0.15, 0.2) is 0 Å². The second kappa shape index (κ2) is 6.93. The van der Waals surface area contributed by atoms with Gasteiger partial charge >= 0.3 is 16.4 Å². The van der Waals surface area contributed by atoms with Gasteiger partial charge in [-0.25, -0.2) is 4.57 Å². The minimum absolute atomic E-state index is 0.515. The van der Waals surface area contributed by atoms with Gasteiger partial charge in [0.2, 0.25) is 0 Å². The molecular weight excluding hydrogens is 266 g/mol. The number of aliphatic hydroxyl groups excluding tert-OH is 2. The molecule has 0 fully saturated rings. The van der Waals surface area contributed by atoms with E-state index in [0.29, 0.717) is 0 Å². The average molecular weight is 280 g/mol. The van der Waals surface area contributed by atoms with Crippen LogP contribution >= 0.6 is 16.4 Å². The van der Waals surface area contributed by atoms with Gasteiger partial charge in [-0.2, -0.15) is 0 Å². The van der Waals surface area contributed by atoms with Crippen LogP contribution in [0.5, 0.6) is 0 Å². The summed E-state index contributed by atoms with van der Waals surface area (Å²) in [6, 6.07) is 0. The predicted molar refractivity (Wildman–Crippen MR) is 51.9 cm³/mol. The van der Waals surface area contributed by atoms with E-state index in [1.165, 1.54) is 0 Å². The van der Waals surface area contributed by atoms with E-state index >= 15 is 0 Å². The van der Waals surface area contributed by atoms with E-state index in [0.717, 1.165) is 0 Å². The lowest BCUT2D eigenvalue weighted by molar-refractivity contribution is -0.0271. The Bertz CT molecular complexity index is 234. The Hall–Kier alpha value is 0.340. The Balaban J connectivity index is 4.37. The van der Waals surface area contributed by atoms with E-state index in [1.54, 1.807) is 0 Å². The number of hydrogen-bond acceptors (Lipinski definition) is 7. The Morgan fingerprint density at radius 1 is 1.12 bits per heavy atom. The van der Waals surface area contributed by atoms with Crippen molar-refractivity contribution in [3.05, 3.63) is 0 Å². The Labute approximate surface area is 92.5 Å². The van der Waals surface area contributed by atoms with Crippen molar-refractivity contribution < 1.29 is 43.4 Å². The monoisotopic (exact) mass is 280 g/mol. The van der Waals surface area contributed by atoms with Crippen molar-refractivity contribution in [2.45, 2.75) is 0 Å². The minimum Gasteiger partial charge on any atom is -0.396 e. The highest BCUT2D eigenvalue weighted by Gasteiger charge is 2.33. The highest BCUT2D eigenvalue weighted by molar-refractivity contribution is 7.46. The summed E-state index contributed by atoms with van der Waals surface area (Å²) in [6.45, 7) is -2.61. The van der Waals surface area contributed by atoms with Gasteiger partial charge in [0.05, 0.1) is 31.8 Å². The van der Waals surface area contributed by atoms with Crippen LogP contribution in [0.15, 0.2) is 0 Å². The summed E-state index contributed by atoms with van der Waals surface area (Å²) >= 11 is 0. The summed E-state index contributed by atoms with van der Waals surface area (Å²) in [5.74, 6) is 0. The molecule has 98 valence electrons. The third kappa shape index (κ3) is 6.82. The fraction of sp³-hybridized carbons (Fsp3) is 1.00. The molecule has 0 aromatic carbocycles. The molecule has 0 rings (SSSR count). The molecule has 0 atom stereocenters. The Kier molecular flexibility index (Phi) is 7.07. The van der Waals surface area contributed by atoms with Crippen LogP contribution in [0.4, 0.5) is 0 Å². The van der Waals surface area contributed by atoms with Crippen molar-refractivity contribution in [3.8, 4) is 0 Å². The lowest BCUT2D eigenvalue weighted by atomic mass is 9.93. The maximum absolute atomic E-state index is 10.4. The van der Waals surface area contributed by atoms with Crippen molar-refractivity contribution in [3.63, 3.8) is 0 Å². The highest BCUT2D eigenvalue weighted by Crippen LogP contribution is 2.39. The standard InChI is InChI=1S/C5H14O9P2/c6-1-5(2-7,3-13-15(8)9)4-14-16(10,11)12/h6-9H,1-4H2,(H2,10,11,12). The first-order valence-electron chi connectivity index (χ1n) is 3.97. The lowest BCUT2D eigenvalue weighted by Gasteiger charge is -2.28. The molecule has 0 saturated carbocycles.